The van der Waals surface area contributed by atoms with Crippen LogP contribution < -0.4 is 4.74 Å². The van der Waals surface area contributed by atoms with Crippen molar-refractivity contribution >= 4 is 5.91 Å². The molecule has 136 valence electrons. The summed E-state index contributed by atoms with van der Waals surface area (Å²) in [7, 11) is 3.43. The van der Waals surface area contributed by atoms with E-state index in [1.807, 2.05) is 43.3 Å². The highest BCUT2D eigenvalue weighted by Crippen LogP contribution is 2.23. The molecule has 0 radical (unpaired) electrons. The molecule has 6 heteroatoms. The number of H-pyrrole nitrogens is 1. The van der Waals surface area contributed by atoms with Crippen LogP contribution in [0.4, 0.5) is 0 Å². The summed E-state index contributed by atoms with van der Waals surface area (Å²) >= 11 is 0. The van der Waals surface area contributed by atoms with Gasteiger partial charge in [0.15, 0.2) is 0 Å². The Kier molecular flexibility index (Phi) is 5.41. The molecule has 1 N–H and O–H groups in total. The number of amides is 1. The Hall–Kier alpha value is -3.02. The molecule has 0 aliphatic rings. The van der Waals surface area contributed by atoms with Gasteiger partial charge in [-0.25, -0.2) is 0 Å². The number of furan rings is 1. The molecule has 2 aromatic heterocycles. The van der Waals surface area contributed by atoms with E-state index in [2.05, 4.69) is 10.2 Å². The molecule has 1 aromatic carbocycles. The highest BCUT2D eigenvalue weighted by atomic mass is 16.5. The van der Waals surface area contributed by atoms with Crippen LogP contribution in [0.15, 0.2) is 53.1 Å². The Morgan fingerprint density at radius 2 is 2.15 bits per heavy atom. The largest absolute Gasteiger partial charge is 0.497 e. The van der Waals surface area contributed by atoms with Gasteiger partial charge in [-0.15, -0.1) is 0 Å². The van der Waals surface area contributed by atoms with E-state index < -0.39 is 0 Å². The van der Waals surface area contributed by atoms with Gasteiger partial charge < -0.3 is 14.1 Å². The smallest absolute Gasteiger partial charge is 0.271 e. The molecule has 1 atom stereocenters. The maximum absolute atomic E-state index is 12.7. The second-order valence-corrected chi connectivity index (χ2v) is 6.28. The maximum atomic E-state index is 12.7. The third kappa shape index (κ3) is 3.96. The van der Waals surface area contributed by atoms with Crippen molar-refractivity contribution in [3.63, 3.8) is 0 Å². The van der Waals surface area contributed by atoms with Crippen LogP contribution in [0.1, 0.15) is 29.6 Å². The minimum Gasteiger partial charge on any atom is -0.497 e. The van der Waals surface area contributed by atoms with Gasteiger partial charge in [0.2, 0.25) is 0 Å². The minimum absolute atomic E-state index is 0.0798. The molecule has 0 saturated carbocycles. The zero-order chi connectivity index (χ0) is 18.5. The van der Waals surface area contributed by atoms with E-state index in [9.17, 15) is 4.79 Å². The summed E-state index contributed by atoms with van der Waals surface area (Å²) in [5, 5.41) is 7.11. The van der Waals surface area contributed by atoms with Crippen LogP contribution in [-0.2, 0) is 6.42 Å². The van der Waals surface area contributed by atoms with Crippen molar-refractivity contribution in [2.45, 2.75) is 25.8 Å². The van der Waals surface area contributed by atoms with Gasteiger partial charge in [0.1, 0.15) is 17.2 Å². The Morgan fingerprint density at radius 1 is 1.31 bits per heavy atom. The van der Waals surface area contributed by atoms with Gasteiger partial charge in [-0.1, -0.05) is 12.1 Å². The first kappa shape index (κ1) is 17.8. The zero-order valence-corrected chi connectivity index (χ0v) is 15.2. The number of aromatic amines is 1. The van der Waals surface area contributed by atoms with Gasteiger partial charge in [0.05, 0.1) is 19.1 Å². The van der Waals surface area contributed by atoms with Crippen LogP contribution in [0.25, 0.3) is 11.3 Å². The fourth-order valence-corrected chi connectivity index (χ4v) is 2.75. The monoisotopic (exact) mass is 353 g/mol. The number of carbonyl (C=O) groups excluding carboxylic acids is 1. The summed E-state index contributed by atoms with van der Waals surface area (Å²) < 4.78 is 10.6. The Balaban J connectivity index is 1.66. The summed E-state index contributed by atoms with van der Waals surface area (Å²) in [6.45, 7) is 2.03. The topological polar surface area (TPSA) is 71.4 Å². The number of carbonyl (C=O) groups is 1. The lowest BCUT2D eigenvalue weighted by Gasteiger charge is -2.24. The number of nitrogens with zero attached hydrogens (tertiary/aromatic N) is 2. The average Bonchev–Trinajstić information content (AvgIpc) is 3.36. The van der Waals surface area contributed by atoms with Crippen molar-refractivity contribution in [3.8, 4) is 17.0 Å². The van der Waals surface area contributed by atoms with Gasteiger partial charge in [-0.2, -0.15) is 5.10 Å². The highest BCUT2D eigenvalue weighted by molar-refractivity contribution is 5.93. The Morgan fingerprint density at radius 3 is 2.88 bits per heavy atom. The number of ether oxygens (including phenoxy) is 1. The van der Waals surface area contributed by atoms with E-state index >= 15 is 0 Å². The van der Waals surface area contributed by atoms with Crippen molar-refractivity contribution in [2.75, 3.05) is 14.2 Å². The number of aromatic nitrogens is 2. The van der Waals surface area contributed by atoms with E-state index in [1.165, 1.54) is 0 Å². The molecular weight excluding hydrogens is 330 g/mol. The summed E-state index contributed by atoms with van der Waals surface area (Å²) in [4.78, 5) is 14.4. The molecule has 26 heavy (non-hydrogen) atoms. The molecule has 3 aromatic rings. The standard InChI is InChI=1S/C20H23N3O3/c1-14(9-10-16-8-5-11-26-16)23(2)20(24)19-13-18(21-22-19)15-6-4-7-17(12-15)25-3/h4-8,11-14H,9-10H2,1-3H3,(H,21,22). The predicted octanol–water partition coefficient (Wildman–Crippen LogP) is 3.77. The summed E-state index contributed by atoms with van der Waals surface area (Å²) in [6.07, 6.45) is 3.29. The van der Waals surface area contributed by atoms with Crippen LogP contribution in [0, 0.1) is 0 Å². The fourth-order valence-electron chi connectivity index (χ4n) is 2.75. The number of hydrogen-bond acceptors (Lipinski definition) is 4. The molecule has 1 amide bonds. The second kappa shape index (κ2) is 7.91. The van der Waals surface area contributed by atoms with Crippen molar-refractivity contribution in [3.05, 3.63) is 60.2 Å². The van der Waals surface area contributed by atoms with E-state index in [0.29, 0.717) is 11.4 Å². The average molecular weight is 353 g/mol. The van der Waals surface area contributed by atoms with Crippen LogP contribution >= 0.6 is 0 Å². The molecule has 0 spiro atoms. The van der Waals surface area contributed by atoms with Gasteiger partial charge in [-0.3, -0.25) is 9.89 Å². The van der Waals surface area contributed by atoms with E-state index in [1.54, 1.807) is 31.4 Å². The number of rotatable bonds is 7. The summed E-state index contributed by atoms with van der Waals surface area (Å²) in [6, 6.07) is 13.3. The number of nitrogens with one attached hydrogen (secondary N) is 1. The van der Waals surface area contributed by atoms with Crippen LogP contribution in [0.2, 0.25) is 0 Å². The lowest BCUT2D eigenvalue weighted by molar-refractivity contribution is 0.0730. The van der Waals surface area contributed by atoms with Gasteiger partial charge in [0, 0.05) is 25.1 Å². The maximum Gasteiger partial charge on any atom is 0.271 e. The van der Waals surface area contributed by atoms with Gasteiger partial charge >= 0.3 is 0 Å². The first-order chi connectivity index (χ1) is 12.6. The van der Waals surface area contributed by atoms with Crippen molar-refractivity contribution in [1.29, 1.82) is 0 Å². The lowest BCUT2D eigenvalue weighted by atomic mass is 10.1. The second-order valence-electron chi connectivity index (χ2n) is 6.28. The Labute approximate surface area is 152 Å². The minimum atomic E-state index is -0.0846. The predicted molar refractivity (Wildman–Crippen MR) is 99.2 cm³/mol. The van der Waals surface area contributed by atoms with Crippen molar-refractivity contribution < 1.29 is 13.9 Å². The molecule has 3 rings (SSSR count). The van der Waals surface area contributed by atoms with Crippen LogP contribution in [0.3, 0.4) is 0 Å². The molecule has 0 aliphatic heterocycles. The molecule has 2 heterocycles. The van der Waals surface area contributed by atoms with Crippen molar-refractivity contribution in [1.82, 2.24) is 15.1 Å². The van der Waals surface area contributed by atoms with E-state index in [-0.39, 0.29) is 11.9 Å². The molecule has 6 nitrogen and oxygen atoms in total. The number of benzene rings is 1. The Bertz CT molecular complexity index is 855. The summed E-state index contributed by atoms with van der Waals surface area (Å²) in [5.41, 5.74) is 2.08. The number of hydrogen-bond donors (Lipinski definition) is 1. The van der Waals surface area contributed by atoms with Crippen LogP contribution in [0.5, 0.6) is 5.75 Å². The summed E-state index contributed by atoms with van der Waals surface area (Å²) in [5.74, 6) is 1.60. The molecular formula is C20H23N3O3. The quantitative estimate of drug-likeness (QED) is 0.702. The highest BCUT2D eigenvalue weighted by Gasteiger charge is 2.20. The van der Waals surface area contributed by atoms with E-state index in [4.69, 9.17) is 9.15 Å². The molecule has 1 unspecified atom stereocenters. The van der Waals surface area contributed by atoms with Gasteiger partial charge in [-0.05, 0) is 43.7 Å². The fraction of sp³-hybridized carbons (Fsp3) is 0.300. The SMILES string of the molecule is COc1cccc(-c2cc(C(=O)N(C)C(C)CCc3ccco3)[nH]n2)c1. The molecule has 0 bridgehead atoms. The number of aryl methyl sites for hydroxylation is 1. The molecule has 0 saturated heterocycles. The third-order valence-corrected chi connectivity index (χ3v) is 4.54. The third-order valence-electron chi connectivity index (χ3n) is 4.54. The lowest BCUT2D eigenvalue weighted by Crippen LogP contribution is -2.35. The molecule has 0 aliphatic carbocycles. The van der Waals surface area contributed by atoms with E-state index in [0.717, 1.165) is 29.9 Å². The van der Waals surface area contributed by atoms with Crippen LogP contribution in [-0.4, -0.2) is 41.2 Å². The normalized spacial score (nSPS) is 12.0. The van der Waals surface area contributed by atoms with Gasteiger partial charge in [0.25, 0.3) is 5.91 Å². The first-order valence-electron chi connectivity index (χ1n) is 8.58. The number of methoxy groups -OCH3 is 1. The first-order valence-corrected chi connectivity index (χ1v) is 8.58. The van der Waals surface area contributed by atoms with Crippen molar-refractivity contribution in [2.24, 2.45) is 0 Å². The molecule has 0 fully saturated rings. The zero-order valence-electron chi connectivity index (χ0n) is 15.2.